The maximum Gasteiger partial charge on any atom is 0.123 e. The number of hydrogen-bond donors (Lipinski definition) is 0. The van der Waals surface area contributed by atoms with Crippen LogP contribution in [-0.2, 0) is 6.42 Å². The Kier molecular flexibility index (Phi) is 6.30. The highest BCUT2D eigenvalue weighted by Crippen LogP contribution is 2.33. The lowest BCUT2D eigenvalue weighted by atomic mass is 9.78. The van der Waals surface area contributed by atoms with Crippen LogP contribution in [0.4, 0.5) is 4.39 Å². The lowest BCUT2D eigenvalue weighted by Crippen LogP contribution is -2.14. The van der Waals surface area contributed by atoms with Gasteiger partial charge in [0.05, 0.1) is 0 Å². The second-order valence-electron chi connectivity index (χ2n) is 8.49. The van der Waals surface area contributed by atoms with E-state index in [2.05, 4.69) is 43.0 Å². The summed E-state index contributed by atoms with van der Waals surface area (Å²) in [5, 5.41) is 1.92. The highest BCUT2D eigenvalue weighted by molar-refractivity contribution is 5.83. The first-order valence-corrected chi connectivity index (χ1v) is 11.0. The standard InChI is InChI=1S/C28H29F/c1-2-21-3-5-22(6-4-21)7-8-23-9-11-24(12-10-23)13-14-25-15-16-27-20-28(29)18-17-26(27)19-25/h9-12,15-22H,2-8H2,1H3. The third kappa shape index (κ3) is 5.27. The number of rotatable bonds is 4. The smallest absolute Gasteiger partial charge is 0.123 e. The SMILES string of the molecule is CCC1CCC(CCc2ccc(C#Cc3ccc4cc(F)ccc4c3)cc2)CC1. The van der Waals surface area contributed by atoms with E-state index in [1.54, 1.807) is 12.1 Å². The minimum atomic E-state index is -0.204. The zero-order chi connectivity index (χ0) is 20.1. The van der Waals surface area contributed by atoms with Crippen molar-refractivity contribution in [2.75, 3.05) is 0 Å². The fourth-order valence-corrected chi connectivity index (χ4v) is 4.49. The minimum Gasteiger partial charge on any atom is -0.207 e. The highest BCUT2D eigenvalue weighted by Gasteiger charge is 2.19. The molecule has 0 amide bonds. The summed E-state index contributed by atoms with van der Waals surface area (Å²) in [6.07, 6.45) is 9.54. The molecule has 0 heterocycles. The van der Waals surface area contributed by atoms with Gasteiger partial charge in [0, 0.05) is 11.1 Å². The summed E-state index contributed by atoms with van der Waals surface area (Å²) < 4.78 is 13.3. The number of benzene rings is 3. The number of hydrogen-bond acceptors (Lipinski definition) is 0. The normalized spacial score (nSPS) is 19.0. The molecule has 0 aliphatic heterocycles. The number of aryl methyl sites for hydroxylation is 1. The van der Waals surface area contributed by atoms with Crippen molar-refractivity contribution in [2.24, 2.45) is 11.8 Å². The molecule has 1 fully saturated rings. The van der Waals surface area contributed by atoms with E-state index >= 15 is 0 Å². The van der Waals surface area contributed by atoms with Crippen molar-refractivity contribution >= 4 is 10.8 Å². The topological polar surface area (TPSA) is 0 Å². The Morgan fingerprint density at radius 3 is 2.14 bits per heavy atom. The second kappa shape index (κ2) is 9.27. The van der Waals surface area contributed by atoms with Crippen LogP contribution in [0.25, 0.3) is 10.8 Å². The molecular formula is C28H29F. The maximum atomic E-state index is 13.3. The Morgan fingerprint density at radius 1 is 0.759 bits per heavy atom. The molecule has 3 aromatic carbocycles. The first kappa shape index (κ1) is 19.7. The van der Waals surface area contributed by atoms with Crippen molar-refractivity contribution in [1.82, 2.24) is 0 Å². The van der Waals surface area contributed by atoms with Crippen molar-refractivity contribution in [3.8, 4) is 11.8 Å². The van der Waals surface area contributed by atoms with Gasteiger partial charge >= 0.3 is 0 Å². The lowest BCUT2D eigenvalue weighted by molar-refractivity contribution is 0.259. The average Bonchev–Trinajstić information content (AvgIpc) is 2.77. The van der Waals surface area contributed by atoms with E-state index in [1.165, 1.54) is 56.6 Å². The van der Waals surface area contributed by atoms with Crippen LogP contribution in [-0.4, -0.2) is 0 Å². The Balaban J connectivity index is 1.35. The van der Waals surface area contributed by atoms with E-state index in [-0.39, 0.29) is 5.82 Å². The van der Waals surface area contributed by atoms with Crippen LogP contribution < -0.4 is 0 Å². The van der Waals surface area contributed by atoms with Gasteiger partial charge in [-0.2, -0.15) is 0 Å². The van der Waals surface area contributed by atoms with Gasteiger partial charge < -0.3 is 0 Å². The fraction of sp³-hybridized carbons (Fsp3) is 0.357. The van der Waals surface area contributed by atoms with Gasteiger partial charge in [0.15, 0.2) is 0 Å². The van der Waals surface area contributed by atoms with E-state index in [4.69, 9.17) is 0 Å². The molecule has 1 saturated carbocycles. The first-order valence-electron chi connectivity index (χ1n) is 11.0. The molecule has 0 bridgehead atoms. The molecule has 29 heavy (non-hydrogen) atoms. The Hall–Kier alpha value is -2.59. The summed E-state index contributed by atoms with van der Waals surface area (Å²) in [5.41, 5.74) is 3.41. The van der Waals surface area contributed by atoms with E-state index in [1.807, 2.05) is 18.2 Å². The van der Waals surface area contributed by atoms with Gasteiger partial charge in [0.2, 0.25) is 0 Å². The van der Waals surface area contributed by atoms with Crippen LogP contribution in [0.3, 0.4) is 0 Å². The molecule has 0 N–H and O–H groups in total. The summed E-state index contributed by atoms with van der Waals surface area (Å²) >= 11 is 0. The molecule has 3 aromatic rings. The van der Waals surface area contributed by atoms with Crippen LogP contribution in [0.1, 0.15) is 62.1 Å². The van der Waals surface area contributed by atoms with E-state index in [9.17, 15) is 4.39 Å². The summed E-state index contributed by atoms with van der Waals surface area (Å²) in [6, 6.07) is 19.5. The molecule has 1 aliphatic rings. The van der Waals surface area contributed by atoms with E-state index < -0.39 is 0 Å². The first-order chi connectivity index (χ1) is 14.2. The third-order valence-electron chi connectivity index (χ3n) is 6.49. The van der Waals surface area contributed by atoms with Gasteiger partial charge in [0.1, 0.15) is 5.82 Å². The van der Waals surface area contributed by atoms with Crippen molar-refractivity contribution in [3.05, 3.63) is 83.2 Å². The zero-order valence-electron chi connectivity index (χ0n) is 17.3. The van der Waals surface area contributed by atoms with Crippen LogP contribution in [0.5, 0.6) is 0 Å². The van der Waals surface area contributed by atoms with Crippen molar-refractivity contribution in [3.63, 3.8) is 0 Å². The molecule has 0 aromatic heterocycles. The predicted molar refractivity (Wildman–Crippen MR) is 120 cm³/mol. The molecule has 0 unspecified atom stereocenters. The number of halogens is 1. The molecule has 1 heteroatoms. The summed E-state index contributed by atoms with van der Waals surface area (Å²) in [5.74, 6) is 8.18. The van der Waals surface area contributed by atoms with E-state index in [0.717, 1.165) is 33.7 Å². The fourth-order valence-electron chi connectivity index (χ4n) is 4.49. The van der Waals surface area contributed by atoms with Gasteiger partial charge in [-0.1, -0.05) is 75.1 Å². The van der Waals surface area contributed by atoms with Gasteiger partial charge in [-0.3, -0.25) is 0 Å². The van der Waals surface area contributed by atoms with Crippen molar-refractivity contribution in [2.45, 2.75) is 51.9 Å². The molecule has 0 radical (unpaired) electrons. The Labute approximate surface area is 174 Å². The quantitative estimate of drug-likeness (QED) is 0.408. The largest absolute Gasteiger partial charge is 0.207 e. The van der Waals surface area contributed by atoms with Gasteiger partial charge in [-0.25, -0.2) is 4.39 Å². The van der Waals surface area contributed by atoms with E-state index in [0.29, 0.717) is 0 Å². The van der Waals surface area contributed by atoms with Crippen LogP contribution >= 0.6 is 0 Å². The average molecular weight is 385 g/mol. The third-order valence-corrected chi connectivity index (χ3v) is 6.49. The van der Waals surface area contributed by atoms with Gasteiger partial charge in [0.25, 0.3) is 0 Å². The monoisotopic (exact) mass is 384 g/mol. The molecule has 0 nitrogen and oxygen atoms in total. The molecule has 1 aliphatic carbocycles. The Bertz CT molecular complexity index is 1010. The van der Waals surface area contributed by atoms with Crippen LogP contribution in [0.15, 0.2) is 60.7 Å². The molecule has 0 atom stereocenters. The van der Waals surface area contributed by atoms with Crippen molar-refractivity contribution in [1.29, 1.82) is 0 Å². The van der Waals surface area contributed by atoms with Crippen LogP contribution in [0.2, 0.25) is 0 Å². The Morgan fingerprint density at radius 2 is 1.38 bits per heavy atom. The maximum absolute atomic E-state index is 13.3. The summed E-state index contributed by atoms with van der Waals surface area (Å²) in [7, 11) is 0. The molecular weight excluding hydrogens is 355 g/mol. The molecule has 0 saturated heterocycles. The van der Waals surface area contributed by atoms with Gasteiger partial charge in [-0.15, -0.1) is 0 Å². The van der Waals surface area contributed by atoms with Crippen LogP contribution in [0, 0.1) is 29.5 Å². The number of fused-ring (bicyclic) bond motifs is 1. The second-order valence-corrected chi connectivity index (χ2v) is 8.49. The lowest BCUT2D eigenvalue weighted by Gasteiger charge is -2.27. The summed E-state index contributed by atoms with van der Waals surface area (Å²) in [6.45, 7) is 2.33. The molecule has 0 spiro atoms. The molecule has 4 rings (SSSR count). The minimum absolute atomic E-state index is 0.204. The highest BCUT2D eigenvalue weighted by atomic mass is 19.1. The van der Waals surface area contributed by atoms with Gasteiger partial charge in [-0.05, 0) is 77.4 Å². The zero-order valence-corrected chi connectivity index (χ0v) is 17.3. The summed E-state index contributed by atoms with van der Waals surface area (Å²) in [4.78, 5) is 0. The van der Waals surface area contributed by atoms with Crippen molar-refractivity contribution < 1.29 is 4.39 Å². The molecule has 148 valence electrons. The predicted octanol–water partition coefficient (Wildman–Crippen LogP) is 7.53.